The van der Waals surface area contributed by atoms with Gasteiger partial charge in [0.25, 0.3) is 5.91 Å². The van der Waals surface area contributed by atoms with Gasteiger partial charge in [-0.3, -0.25) is 4.79 Å². The molecule has 90 valence electrons. The van der Waals surface area contributed by atoms with Crippen molar-refractivity contribution in [2.45, 2.75) is 26.7 Å². The molecular formula is C10H17N3O2S. The van der Waals surface area contributed by atoms with Crippen LogP contribution in [0.2, 0.25) is 0 Å². The third kappa shape index (κ3) is 2.99. The number of rotatable bonds is 6. The molecule has 0 fully saturated rings. The molecule has 1 amide bonds. The van der Waals surface area contributed by atoms with E-state index in [2.05, 4.69) is 9.59 Å². The molecule has 1 heterocycles. The lowest BCUT2D eigenvalue weighted by Gasteiger charge is -2.19. The van der Waals surface area contributed by atoms with Crippen LogP contribution in [0.15, 0.2) is 0 Å². The van der Waals surface area contributed by atoms with Crippen molar-refractivity contribution in [1.82, 2.24) is 14.5 Å². The van der Waals surface area contributed by atoms with Crippen LogP contribution < -0.4 is 0 Å². The number of aryl methyl sites for hydroxylation is 1. The molecule has 0 aliphatic rings. The molecular weight excluding hydrogens is 226 g/mol. The highest BCUT2D eigenvalue weighted by Crippen LogP contribution is 2.14. The van der Waals surface area contributed by atoms with Gasteiger partial charge in [0.1, 0.15) is 4.88 Å². The summed E-state index contributed by atoms with van der Waals surface area (Å²) in [6.45, 7) is 5.20. The van der Waals surface area contributed by atoms with Crippen molar-refractivity contribution in [3.63, 3.8) is 0 Å². The molecule has 1 N–H and O–H groups in total. The Labute approximate surface area is 99.3 Å². The van der Waals surface area contributed by atoms with Crippen LogP contribution in [0.3, 0.4) is 0 Å². The first-order valence-corrected chi connectivity index (χ1v) is 6.23. The zero-order valence-corrected chi connectivity index (χ0v) is 10.5. The molecule has 16 heavy (non-hydrogen) atoms. The van der Waals surface area contributed by atoms with Gasteiger partial charge in [0.15, 0.2) is 0 Å². The summed E-state index contributed by atoms with van der Waals surface area (Å²) in [4.78, 5) is 14.4. The number of hydrogen-bond donors (Lipinski definition) is 1. The molecule has 1 aromatic rings. The van der Waals surface area contributed by atoms with Gasteiger partial charge in [-0.25, -0.2) is 0 Å². The monoisotopic (exact) mass is 243 g/mol. The number of nitrogens with zero attached hydrogens (tertiary/aromatic N) is 3. The van der Waals surface area contributed by atoms with E-state index in [-0.39, 0.29) is 12.5 Å². The van der Waals surface area contributed by atoms with Crippen LogP contribution in [-0.4, -0.2) is 45.2 Å². The fraction of sp³-hybridized carbons (Fsp3) is 0.700. The Morgan fingerprint density at radius 1 is 1.50 bits per heavy atom. The van der Waals surface area contributed by atoms with Gasteiger partial charge in [0.05, 0.1) is 5.69 Å². The van der Waals surface area contributed by atoms with E-state index in [4.69, 9.17) is 5.11 Å². The van der Waals surface area contributed by atoms with E-state index in [1.165, 1.54) is 0 Å². The maximum absolute atomic E-state index is 12.1. The number of carbonyl (C=O) groups is 1. The minimum atomic E-state index is -0.0252. The Bertz CT molecular complexity index is 341. The van der Waals surface area contributed by atoms with Crippen LogP contribution in [0.1, 0.15) is 35.6 Å². The van der Waals surface area contributed by atoms with Gasteiger partial charge in [-0.2, -0.15) is 0 Å². The van der Waals surface area contributed by atoms with Crippen molar-refractivity contribution in [3.05, 3.63) is 10.6 Å². The Morgan fingerprint density at radius 3 is 2.81 bits per heavy atom. The molecule has 1 aromatic heterocycles. The minimum absolute atomic E-state index is 0.0252. The quantitative estimate of drug-likeness (QED) is 0.807. The van der Waals surface area contributed by atoms with E-state index >= 15 is 0 Å². The summed E-state index contributed by atoms with van der Waals surface area (Å²) in [5.41, 5.74) is 0.762. The largest absolute Gasteiger partial charge is 0.396 e. The zero-order valence-electron chi connectivity index (χ0n) is 9.64. The zero-order chi connectivity index (χ0) is 12.0. The topological polar surface area (TPSA) is 66.3 Å². The van der Waals surface area contributed by atoms with Gasteiger partial charge < -0.3 is 10.0 Å². The van der Waals surface area contributed by atoms with Crippen LogP contribution >= 0.6 is 11.5 Å². The molecule has 0 spiro atoms. The molecule has 1 rings (SSSR count). The maximum Gasteiger partial charge on any atom is 0.267 e. The summed E-state index contributed by atoms with van der Waals surface area (Å²) in [5, 5.41) is 12.7. The summed E-state index contributed by atoms with van der Waals surface area (Å²) in [5.74, 6) is -0.0252. The number of amides is 1. The van der Waals surface area contributed by atoms with Crippen molar-refractivity contribution in [1.29, 1.82) is 0 Å². The molecule has 0 saturated heterocycles. The van der Waals surface area contributed by atoms with Crippen molar-refractivity contribution in [2.75, 3.05) is 19.7 Å². The third-order valence-corrected chi connectivity index (χ3v) is 3.10. The Balaban J connectivity index is 2.74. The first-order chi connectivity index (χ1) is 7.74. The highest BCUT2D eigenvalue weighted by atomic mass is 32.1. The Morgan fingerprint density at radius 2 is 2.25 bits per heavy atom. The predicted molar refractivity (Wildman–Crippen MR) is 62.6 cm³/mol. The van der Waals surface area contributed by atoms with E-state index in [0.717, 1.165) is 23.6 Å². The average Bonchev–Trinajstić information content (AvgIpc) is 2.77. The molecule has 0 atom stereocenters. The fourth-order valence-corrected chi connectivity index (χ4v) is 2.13. The molecule has 0 unspecified atom stereocenters. The maximum atomic E-state index is 12.1. The second kappa shape index (κ2) is 6.55. The van der Waals surface area contributed by atoms with Gasteiger partial charge in [-0.1, -0.05) is 11.4 Å². The van der Waals surface area contributed by atoms with Crippen LogP contribution in [-0.2, 0) is 6.42 Å². The van der Waals surface area contributed by atoms with Crippen molar-refractivity contribution in [2.24, 2.45) is 0 Å². The van der Waals surface area contributed by atoms with E-state index in [0.29, 0.717) is 24.4 Å². The predicted octanol–water partition coefficient (Wildman–Crippen LogP) is 0.945. The molecule has 0 radical (unpaired) electrons. The standard InChI is InChI=1S/C10H17N3O2S/c1-3-8-9(16-12-11-8)10(15)13(4-2)6-5-7-14/h14H,3-7H2,1-2H3. The summed E-state index contributed by atoms with van der Waals surface area (Å²) >= 11 is 1.14. The number of carbonyl (C=O) groups excluding carboxylic acids is 1. The smallest absolute Gasteiger partial charge is 0.267 e. The van der Waals surface area contributed by atoms with E-state index in [9.17, 15) is 4.79 Å². The lowest BCUT2D eigenvalue weighted by atomic mass is 10.2. The molecule has 0 aliphatic heterocycles. The van der Waals surface area contributed by atoms with Crippen LogP contribution in [0.4, 0.5) is 0 Å². The van der Waals surface area contributed by atoms with E-state index in [1.54, 1.807) is 4.90 Å². The number of aliphatic hydroxyl groups is 1. The highest BCUT2D eigenvalue weighted by Gasteiger charge is 2.19. The van der Waals surface area contributed by atoms with Gasteiger partial charge in [-0.15, -0.1) is 5.10 Å². The molecule has 0 saturated carbocycles. The minimum Gasteiger partial charge on any atom is -0.396 e. The lowest BCUT2D eigenvalue weighted by molar-refractivity contribution is 0.0758. The second-order valence-corrected chi connectivity index (χ2v) is 4.12. The Kier molecular flexibility index (Phi) is 5.34. The summed E-state index contributed by atoms with van der Waals surface area (Å²) < 4.78 is 3.81. The van der Waals surface area contributed by atoms with Crippen molar-refractivity contribution in [3.8, 4) is 0 Å². The third-order valence-electron chi connectivity index (χ3n) is 2.34. The molecule has 6 heteroatoms. The van der Waals surface area contributed by atoms with E-state index < -0.39 is 0 Å². The average molecular weight is 243 g/mol. The van der Waals surface area contributed by atoms with Crippen LogP contribution in [0, 0.1) is 0 Å². The van der Waals surface area contributed by atoms with Gasteiger partial charge >= 0.3 is 0 Å². The molecule has 0 aliphatic carbocycles. The van der Waals surface area contributed by atoms with Crippen LogP contribution in [0.25, 0.3) is 0 Å². The molecule has 5 nitrogen and oxygen atoms in total. The summed E-state index contributed by atoms with van der Waals surface area (Å²) in [6.07, 6.45) is 1.32. The SMILES string of the molecule is CCc1nnsc1C(=O)N(CC)CCCO. The lowest BCUT2D eigenvalue weighted by Crippen LogP contribution is -2.32. The number of aliphatic hydroxyl groups excluding tert-OH is 1. The van der Waals surface area contributed by atoms with E-state index in [1.807, 2.05) is 13.8 Å². The first-order valence-electron chi connectivity index (χ1n) is 5.45. The van der Waals surface area contributed by atoms with Crippen molar-refractivity contribution < 1.29 is 9.90 Å². The normalized spacial score (nSPS) is 10.4. The summed E-state index contributed by atoms with van der Waals surface area (Å²) in [7, 11) is 0. The Hall–Kier alpha value is -1.01. The number of hydrogen-bond acceptors (Lipinski definition) is 5. The van der Waals surface area contributed by atoms with Crippen LogP contribution in [0.5, 0.6) is 0 Å². The van der Waals surface area contributed by atoms with Gasteiger partial charge in [-0.05, 0) is 31.3 Å². The second-order valence-electron chi connectivity index (χ2n) is 3.36. The molecule has 0 bridgehead atoms. The van der Waals surface area contributed by atoms with Gasteiger partial charge in [0.2, 0.25) is 0 Å². The molecule has 0 aromatic carbocycles. The highest BCUT2D eigenvalue weighted by molar-refractivity contribution is 7.07. The van der Waals surface area contributed by atoms with Crippen molar-refractivity contribution >= 4 is 17.4 Å². The first kappa shape index (κ1) is 13.1. The van der Waals surface area contributed by atoms with Gasteiger partial charge in [0, 0.05) is 19.7 Å². The fourth-order valence-electron chi connectivity index (χ4n) is 1.41. The summed E-state index contributed by atoms with van der Waals surface area (Å²) in [6, 6.07) is 0. The number of aromatic nitrogens is 2.